The highest BCUT2D eigenvalue weighted by atomic mass is 32.1. The summed E-state index contributed by atoms with van der Waals surface area (Å²) in [5.41, 5.74) is 9.93. The van der Waals surface area contributed by atoms with Crippen LogP contribution in [0, 0.1) is 6.92 Å². The Morgan fingerprint density at radius 2 is 2.16 bits per heavy atom. The van der Waals surface area contributed by atoms with Crippen LogP contribution in [0.1, 0.15) is 10.6 Å². The summed E-state index contributed by atoms with van der Waals surface area (Å²) in [6.07, 6.45) is 0.827. The Morgan fingerprint density at radius 1 is 1.32 bits per heavy atom. The fourth-order valence-electron chi connectivity index (χ4n) is 2.35. The van der Waals surface area contributed by atoms with E-state index in [0.717, 1.165) is 28.5 Å². The van der Waals surface area contributed by atoms with Gasteiger partial charge in [-0.25, -0.2) is 9.97 Å². The summed E-state index contributed by atoms with van der Waals surface area (Å²) >= 11 is 1.65. The molecular weight excluding hydrogens is 256 g/mol. The molecule has 3 rings (SSSR count). The first-order valence-electron chi connectivity index (χ1n) is 6.27. The standard InChI is InChI=1S/C14H16N4S/c1-9-4-3-5-10-13(9)18(2)14(17-10)11-8-19-12(16-11)6-7-15/h3-5,8H,6-7,15H2,1-2H3. The molecule has 0 atom stereocenters. The number of hydrogen-bond donors (Lipinski definition) is 1. The minimum absolute atomic E-state index is 0.634. The maximum absolute atomic E-state index is 5.57. The van der Waals surface area contributed by atoms with E-state index in [1.54, 1.807) is 11.3 Å². The fraction of sp³-hybridized carbons (Fsp3) is 0.286. The molecule has 2 N–H and O–H groups in total. The van der Waals surface area contributed by atoms with Crippen LogP contribution in [0.2, 0.25) is 0 Å². The van der Waals surface area contributed by atoms with E-state index in [2.05, 4.69) is 27.9 Å². The molecule has 2 heterocycles. The van der Waals surface area contributed by atoms with Crippen LogP contribution in [0.5, 0.6) is 0 Å². The van der Waals surface area contributed by atoms with E-state index in [1.165, 1.54) is 11.1 Å². The van der Waals surface area contributed by atoms with Crippen molar-refractivity contribution >= 4 is 22.4 Å². The average Bonchev–Trinajstić information content (AvgIpc) is 2.96. The molecule has 5 heteroatoms. The molecule has 2 aromatic heterocycles. The molecule has 1 aromatic carbocycles. The van der Waals surface area contributed by atoms with Gasteiger partial charge in [0.05, 0.1) is 16.0 Å². The Hall–Kier alpha value is -1.72. The van der Waals surface area contributed by atoms with Crippen LogP contribution in [-0.2, 0) is 13.5 Å². The lowest BCUT2D eigenvalue weighted by atomic mass is 10.2. The Kier molecular flexibility index (Phi) is 3.08. The van der Waals surface area contributed by atoms with Crippen LogP contribution in [0.25, 0.3) is 22.6 Å². The lowest BCUT2D eigenvalue weighted by Crippen LogP contribution is -2.02. The number of rotatable bonds is 3. The molecule has 0 aliphatic rings. The highest BCUT2D eigenvalue weighted by Gasteiger charge is 2.13. The molecule has 4 nitrogen and oxygen atoms in total. The number of benzene rings is 1. The predicted octanol–water partition coefficient (Wildman–Crippen LogP) is 2.51. The second kappa shape index (κ2) is 4.75. The number of thiazole rings is 1. The maximum Gasteiger partial charge on any atom is 0.160 e. The van der Waals surface area contributed by atoms with Gasteiger partial charge >= 0.3 is 0 Å². The topological polar surface area (TPSA) is 56.7 Å². The van der Waals surface area contributed by atoms with E-state index in [1.807, 2.05) is 19.2 Å². The summed E-state index contributed by atoms with van der Waals surface area (Å²) in [4.78, 5) is 9.30. The third kappa shape index (κ3) is 2.05. The smallest absolute Gasteiger partial charge is 0.160 e. The van der Waals surface area contributed by atoms with Gasteiger partial charge in [0.1, 0.15) is 5.69 Å². The zero-order valence-electron chi connectivity index (χ0n) is 11.1. The number of fused-ring (bicyclic) bond motifs is 1. The van der Waals surface area contributed by atoms with Gasteiger partial charge in [-0.3, -0.25) is 0 Å². The van der Waals surface area contributed by atoms with Crippen molar-refractivity contribution in [2.45, 2.75) is 13.3 Å². The van der Waals surface area contributed by atoms with E-state index in [0.29, 0.717) is 6.54 Å². The Bertz CT molecular complexity index is 726. The van der Waals surface area contributed by atoms with E-state index in [-0.39, 0.29) is 0 Å². The molecule has 0 bridgehead atoms. The molecule has 0 aliphatic heterocycles. The van der Waals surface area contributed by atoms with E-state index in [9.17, 15) is 0 Å². The summed E-state index contributed by atoms with van der Waals surface area (Å²) in [7, 11) is 2.04. The number of nitrogens with two attached hydrogens (primary N) is 1. The first-order chi connectivity index (χ1) is 9.20. The molecule has 0 fully saturated rings. The van der Waals surface area contributed by atoms with Crippen molar-refractivity contribution in [3.8, 4) is 11.5 Å². The quantitative estimate of drug-likeness (QED) is 0.797. The zero-order valence-corrected chi connectivity index (χ0v) is 11.9. The molecule has 0 radical (unpaired) electrons. The number of para-hydroxylation sites is 1. The monoisotopic (exact) mass is 272 g/mol. The van der Waals surface area contributed by atoms with Crippen LogP contribution in [-0.4, -0.2) is 21.1 Å². The first-order valence-corrected chi connectivity index (χ1v) is 7.15. The van der Waals surface area contributed by atoms with Gasteiger partial charge < -0.3 is 10.3 Å². The van der Waals surface area contributed by atoms with Crippen molar-refractivity contribution in [3.63, 3.8) is 0 Å². The first kappa shape index (κ1) is 12.3. The normalized spacial score (nSPS) is 11.3. The fourth-order valence-corrected chi connectivity index (χ4v) is 3.14. The summed E-state index contributed by atoms with van der Waals surface area (Å²) in [6, 6.07) is 6.18. The summed E-state index contributed by atoms with van der Waals surface area (Å²) in [5.74, 6) is 0.920. The van der Waals surface area contributed by atoms with Gasteiger partial charge in [-0.05, 0) is 25.1 Å². The highest BCUT2D eigenvalue weighted by Crippen LogP contribution is 2.26. The van der Waals surface area contributed by atoms with Gasteiger partial charge in [0.25, 0.3) is 0 Å². The van der Waals surface area contributed by atoms with Gasteiger partial charge in [0.2, 0.25) is 0 Å². The maximum atomic E-state index is 5.57. The Balaban J connectivity index is 2.14. The Morgan fingerprint density at radius 3 is 2.89 bits per heavy atom. The second-order valence-corrected chi connectivity index (χ2v) is 5.54. The van der Waals surface area contributed by atoms with Gasteiger partial charge in [-0.15, -0.1) is 11.3 Å². The lowest BCUT2D eigenvalue weighted by Gasteiger charge is -2.01. The third-order valence-corrected chi connectivity index (χ3v) is 4.14. The SMILES string of the molecule is Cc1cccc2nc(-c3csc(CCN)n3)n(C)c12. The number of imidazole rings is 1. The number of nitrogens with zero attached hydrogens (tertiary/aromatic N) is 3. The van der Waals surface area contributed by atoms with Gasteiger partial charge in [0.15, 0.2) is 5.82 Å². The highest BCUT2D eigenvalue weighted by molar-refractivity contribution is 7.09. The van der Waals surface area contributed by atoms with Crippen molar-refractivity contribution in [1.82, 2.24) is 14.5 Å². The van der Waals surface area contributed by atoms with Gasteiger partial charge in [0, 0.05) is 18.8 Å². The van der Waals surface area contributed by atoms with Crippen molar-refractivity contribution < 1.29 is 0 Å². The van der Waals surface area contributed by atoms with Gasteiger partial charge in [-0.2, -0.15) is 0 Å². The van der Waals surface area contributed by atoms with E-state index >= 15 is 0 Å². The van der Waals surface area contributed by atoms with Crippen molar-refractivity contribution in [1.29, 1.82) is 0 Å². The molecule has 0 spiro atoms. The van der Waals surface area contributed by atoms with E-state index in [4.69, 9.17) is 10.7 Å². The lowest BCUT2D eigenvalue weighted by molar-refractivity contribution is 0.930. The minimum atomic E-state index is 0.634. The number of aryl methyl sites for hydroxylation is 2. The molecule has 0 saturated carbocycles. The van der Waals surface area contributed by atoms with Crippen molar-refractivity contribution in [2.75, 3.05) is 6.54 Å². The molecule has 19 heavy (non-hydrogen) atoms. The number of hydrogen-bond acceptors (Lipinski definition) is 4. The molecule has 0 unspecified atom stereocenters. The van der Waals surface area contributed by atoms with Crippen LogP contribution in [0.3, 0.4) is 0 Å². The summed E-state index contributed by atoms with van der Waals surface area (Å²) in [5, 5.41) is 3.13. The van der Waals surface area contributed by atoms with E-state index < -0.39 is 0 Å². The summed E-state index contributed by atoms with van der Waals surface area (Å²) in [6.45, 7) is 2.74. The van der Waals surface area contributed by atoms with Crippen molar-refractivity contribution in [3.05, 3.63) is 34.2 Å². The molecule has 98 valence electrons. The van der Waals surface area contributed by atoms with Crippen LogP contribution in [0.4, 0.5) is 0 Å². The molecule has 0 amide bonds. The Labute approximate surface area is 115 Å². The number of aromatic nitrogens is 3. The second-order valence-electron chi connectivity index (χ2n) is 4.60. The molecular formula is C14H16N4S. The molecule has 0 saturated heterocycles. The third-order valence-electron chi connectivity index (χ3n) is 3.23. The molecule has 0 aliphatic carbocycles. The van der Waals surface area contributed by atoms with Crippen LogP contribution in [0.15, 0.2) is 23.6 Å². The largest absolute Gasteiger partial charge is 0.330 e. The van der Waals surface area contributed by atoms with Crippen molar-refractivity contribution in [2.24, 2.45) is 12.8 Å². The predicted molar refractivity (Wildman–Crippen MR) is 79.3 cm³/mol. The summed E-state index contributed by atoms with van der Waals surface area (Å²) < 4.78 is 2.12. The molecule has 3 aromatic rings. The average molecular weight is 272 g/mol. The zero-order chi connectivity index (χ0) is 13.4. The van der Waals surface area contributed by atoms with Crippen LogP contribution >= 0.6 is 11.3 Å². The van der Waals surface area contributed by atoms with Crippen LogP contribution < -0.4 is 5.73 Å². The van der Waals surface area contributed by atoms with Gasteiger partial charge in [-0.1, -0.05) is 12.1 Å². The minimum Gasteiger partial charge on any atom is -0.330 e.